The molecule has 0 bridgehead atoms. The summed E-state index contributed by atoms with van der Waals surface area (Å²) in [5.74, 6) is -1.07. The fourth-order valence-corrected chi connectivity index (χ4v) is 1.31. The van der Waals surface area contributed by atoms with Gasteiger partial charge in [-0.05, 0) is 18.4 Å². The molecule has 0 unspecified atom stereocenters. The Morgan fingerprint density at radius 3 is 2.68 bits per heavy atom. The molecule has 1 aromatic carbocycles. The van der Waals surface area contributed by atoms with Crippen LogP contribution in [0.5, 0.6) is 0 Å². The third-order valence-corrected chi connectivity index (χ3v) is 2.11. The molecule has 2 N–H and O–H groups in total. The first-order valence-electron chi connectivity index (χ1n) is 5.25. The molecule has 106 valence electrons. The fourth-order valence-electron chi connectivity index (χ4n) is 1.31. The number of hydrogen-bond acceptors (Lipinski definition) is 3. The van der Waals surface area contributed by atoms with Crippen LogP contribution in [0.15, 0.2) is 36.7 Å². The maximum absolute atomic E-state index is 9.52. The van der Waals surface area contributed by atoms with Gasteiger partial charge in [0.05, 0.1) is 6.54 Å². The van der Waals surface area contributed by atoms with E-state index in [0.29, 0.717) is 0 Å². The van der Waals surface area contributed by atoms with E-state index in [9.17, 15) is 9.59 Å². The third-order valence-electron chi connectivity index (χ3n) is 2.11. The van der Waals surface area contributed by atoms with Gasteiger partial charge in [-0.25, -0.2) is 0 Å². The Bertz CT molecular complexity index is 546. The number of carbonyl (C=O) groups excluding carboxylic acids is 1. The molecule has 0 atom stereocenters. The van der Waals surface area contributed by atoms with Gasteiger partial charge in [-0.1, -0.05) is 23.8 Å². The van der Waals surface area contributed by atoms with Gasteiger partial charge in [-0.15, -0.1) is 0 Å². The number of pyridine rings is 1. The summed E-state index contributed by atoms with van der Waals surface area (Å²) in [6.07, 6.45) is 4.92. The van der Waals surface area contributed by atoms with Crippen molar-refractivity contribution >= 4 is 23.2 Å². The van der Waals surface area contributed by atoms with E-state index < -0.39 is 5.97 Å². The van der Waals surface area contributed by atoms with Crippen LogP contribution in [-0.2, 0) is 9.59 Å². The van der Waals surface area contributed by atoms with Gasteiger partial charge in [0.15, 0.2) is 0 Å². The molecule has 19 heavy (non-hydrogen) atoms. The van der Waals surface area contributed by atoms with Crippen LogP contribution in [0.2, 0.25) is 0 Å². The Morgan fingerprint density at radius 1 is 1.37 bits per heavy atom. The molecule has 2 rings (SSSR count). The van der Waals surface area contributed by atoms with Gasteiger partial charge in [-0.3, -0.25) is 9.78 Å². The van der Waals surface area contributed by atoms with Crippen LogP contribution >= 0.6 is 0 Å². The van der Waals surface area contributed by atoms with Crippen molar-refractivity contribution in [3.8, 4) is 0 Å². The number of aromatic nitrogens is 1. The van der Waals surface area contributed by atoms with Gasteiger partial charge in [0, 0.05) is 17.8 Å². The molecule has 0 radical (unpaired) electrons. The summed E-state index contributed by atoms with van der Waals surface area (Å²) in [5, 5.41) is 12.1. The first kappa shape index (κ1) is 15.6. The van der Waals surface area contributed by atoms with Crippen LogP contribution in [0, 0.1) is 6.92 Å². The maximum atomic E-state index is 9.52. The molecule has 2 aromatic rings. The van der Waals surface area contributed by atoms with Crippen LogP contribution < -0.4 is 5.32 Å². The zero-order chi connectivity index (χ0) is 13.4. The van der Waals surface area contributed by atoms with Crippen LogP contribution in [0.3, 0.4) is 0 Å². The Hall–Kier alpha value is -3.43. The molecule has 0 spiro atoms. The molecule has 1 aromatic heterocycles. The van der Waals surface area contributed by atoms with Crippen molar-refractivity contribution in [1.29, 1.82) is 0 Å². The first-order valence-corrected chi connectivity index (χ1v) is 5.25. The molecule has 0 fully saturated rings. The fraction of sp³-hybridized carbons (Fsp3) is 0.154. The van der Waals surface area contributed by atoms with Crippen LogP contribution in [-0.4, -0.2) is 29.0 Å². The Balaban J connectivity index is 0.000000360. The number of aliphatic carboxylic acids is 1. The zero-order valence-electron chi connectivity index (χ0n) is 10.2. The van der Waals surface area contributed by atoms with Crippen molar-refractivity contribution in [2.24, 2.45) is 0 Å². The second-order valence-corrected chi connectivity index (χ2v) is 3.58. The van der Waals surface area contributed by atoms with Gasteiger partial charge < -0.3 is 15.2 Å². The maximum Gasteiger partial charge on any atom is 0.320 e. The number of fused-ring (bicyclic) bond motifs is 1. The normalized spacial score (nSPS) is 8.68. The van der Waals surface area contributed by atoms with Gasteiger partial charge in [-0.2, -0.15) is 6.41 Å². The van der Waals surface area contributed by atoms with Crippen molar-refractivity contribution in [3.05, 3.63) is 42.2 Å². The molecular weight excluding hydrogens is 489 g/mol. The Kier molecular flexibility index (Phi) is 6.38. The number of amides is 1. The summed E-state index contributed by atoms with van der Waals surface area (Å²) in [4.78, 5) is 22.8. The molecule has 0 aliphatic carbocycles. The summed E-state index contributed by atoms with van der Waals surface area (Å²) in [6.45, 7) is 1.74. The largest absolute Gasteiger partial charge is 0.521 e. The number of benzene rings is 1. The SMILES string of the molecule is Cc1ccc2cnccc2c1.O=[C-]NCC(=O)O.[Fm]. The van der Waals surface area contributed by atoms with Gasteiger partial charge in [0.25, 0.3) is 0 Å². The monoisotopic (exact) mass is 502 g/mol. The average molecular weight is 502 g/mol. The van der Waals surface area contributed by atoms with Crippen molar-refractivity contribution < 1.29 is 14.7 Å². The second-order valence-electron chi connectivity index (χ2n) is 3.58. The second kappa shape index (κ2) is 7.78. The van der Waals surface area contributed by atoms with E-state index in [4.69, 9.17) is 5.11 Å². The summed E-state index contributed by atoms with van der Waals surface area (Å²) < 4.78 is 0. The Morgan fingerprint density at radius 2 is 2.11 bits per heavy atom. The van der Waals surface area contributed by atoms with Gasteiger partial charge in [0.1, 0.15) is 0 Å². The molecule has 1 heterocycles. The van der Waals surface area contributed by atoms with E-state index in [1.165, 1.54) is 22.7 Å². The van der Waals surface area contributed by atoms with E-state index in [2.05, 4.69) is 30.1 Å². The first-order chi connectivity index (χ1) is 8.63. The van der Waals surface area contributed by atoms with Crippen LogP contribution in [0.25, 0.3) is 10.8 Å². The van der Waals surface area contributed by atoms with E-state index in [0.717, 1.165) is 0 Å². The minimum absolute atomic E-state index is 0. The smallest absolute Gasteiger partial charge is 0.320 e. The number of hydrogen-bond donors (Lipinski definition) is 2. The molecule has 1 amide bonds. The number of rotatable bonds is 3. The zero-order valence-corrected chi connectivity index (χ0v) is 12.6. The predicted octanol–water partition coefficient (Wildman–Crippen LogP) is 1.27. The van der Waals surface area contributed by atoms with E-state index >= 15 is 0 Å². The van der Waals surface area contributed by atoms with Crippen molar-refractivity contribution in [2.45, 2.75) is 6.92 Å². The van der Waals surface area contributed by atoms with Crippen LogP contribution in [0.4, 0.5) is 0 Å². The summed E-state index contributed by atoms with van der Waals surface area (Å²) in [5.41, 5.74) is 1.30. The quantitative estimate of drug-likeness (QED) is 0.490. The predicted molar refractivity (Wildman–Crippen MR) is 67.8 cm³/mol. The summed E-state index contributed by atoms with van der Waals surface area (Å²) >= 11 is 0. The minimum atomic E-state index is -1.07. The molecule has 0 aliphatic rings. The van der Waals surface area contributed by atoms with Crippen molar-refractivity contribution in [3.63, 3.8) is 0 Å². The number of nitrogens with zero attached hydrogens (tertiary/aromatic N) is 1. The Labute approximate surface area is 104 Å². The van der Waals surface area contributed by atoms with E-state index in [1.807, 2.05) is 23.8 Å². The topological polar surface area (TPSA) is 79.3 Å². The standard InChI is InChI=1S/C10H9N.C3H4NO3.Fm/c1-8-2-3-10-7-11-5-4-9(10)6-8;5-2-4-1-3(6)7;/h2-7H,1H3;1H2,(H,4,5)(H,6,7);/q;-1;. The van der Waals surface area contributed by atoms with Gasteiger partial charge in [0.2, 0.25) is 0 Å². The summed E-state index contributed by atoms with van der Waals surface area (Å²) in [6, 6.07) is 8.39. The van der Waals surface area contributed by atoms with E-state index in [-0.39, 0.29) is 6.54 Å². The molecule has 0 aliphatic heterocycles. The third kappa shape index (κ3) is 5.44. The number of carboxylic acids is 1. The molecule has 0 saturated heterocycles. The summed E-state index contributed by atoms with van der Waals surface area (Å²) in [7, 11) is 0. The van der Waals surface area contributed by atoms with Crippen molar-refractivity contribution in [2.75, 3.05) is 6.54 Å². The van der Waals surface area contributed by atoms with E-state index in [1.54, 1.807) is 0 Å². The van der Waals surface area contributed by atoms with Gasteiger partial charge >= 0.3 is 5.97 Å². The number of nitrogens with one attached hydrogen (secondary N) is 1. The molecular formula is C13H13FmN2O3-. The molecule has 5 nitrogen and oxygen atoms in total. The molecule has 0 saturated carbocycles. The average Bonchev–Trinajstić information content (AvgIpc) is 2.37. The molecule has 6 heteroatoms. The number of aryl methyl sites for hydroxylation is 1. The van der Waals surface area contributed by atoms with Crippen LogP contribution in [0.1, 0.15) is 5.56 Å². The minimum Gasteiger partial charge on any atom is -0.521 e. The number of carbonyl (C=O) groups is 1. The van der Waals surface area contributed by atoms with Crippen molar-refractivity contribution in [1.82, 2.24) is 10.3 Å². The number of carboxylic acid groups (broad SMARTS) is 1.